The SMILES string of the molecule is NC1C=NC(n2cccn2)NC1=O. The van der Waals surface area contributed by atoms with Gasteiger partial charge in [-0.2, -0.15) is 5.10 Å². The van der Waals surface area contributed by atoms with Crippen molar-refractivity contribution in [3.05, 3.63) is 18.5 Å². The maximum atomic E-state index is 11.1. The molecule has 0 spiro atoms. The van der Waals surface area contributed by atoms with Crippen molar-refractivity contribution >= 4 is 12.1 Å². The molecule has 0 radical (unpaired) electrons. The highest BCUT2D eigenvalue weighted by Crippen LogP contribution is 2.05. The first kappa shape index (κ1) is 7.93. The molecule has 0 saturated carbocycles. The smallest absolute Gasteiger partial charge is 0.245 e. The molecule has 2 atom stereocenters. The summed E-state index contributed by atoms with van der Waals surface area (Å²) in [6.07, 6.45) is 4.31. The van der Waals surface area contributed by atoms with Gasteiger partial charge in [-0.1, -0.05) is 0 Å². The molecule has 2 rings (SSSR count). The van der Waals surface area contributed by atoms with Gasteiger partial charge in [-0.05, 0) is 6.07 Å². The van der Waals surface area contributed by atoms with Gasteiger partial charge in [0.05, 0.1) is 0 Å². The molecule has 1 aromatic rings. The molecule has 0 aromatic carbocycles. The average molecular weight is 179 g/mol. The number of aromatic nitrogens is 2. The molecule has 3 N–H and O–H groups in total. The molecule has 1 aliphatic rings. The van der Waals surface area contributed by atoms with Crippen molar-refractivity contribution in [2.45, 2.75) is 12.3 Å². The first-order valence-corrected chi connectivity index (χ1v) is 3.86. The zero-order chi connectivity index (χ0) is 9.26. The van der Waals surface area contributed by atoms with Crippen molar-refractivity contribution < 1.29 is 4.79 Å². The molecule has 2 heterocycles. The number of amides is 1. The summed E-state index contributed by atoms with van der Waals surface area (Å²) in [5, 5.41) is 6.55. The van der Waals surface area contributed by atoms with Crippen molar-refractivity contribution in [1.82, 2.24) is 15.1 Å². The van der Waals surface area contributed by atoms with E-state index in [2.05, 4.69) is 15.4 Å². The summed E-state index contributed by atoms with van der Waals surface area (Å²) in [4.78, 5) is 15.2. The highest BCUT2D eigenvalue weighted by Gasteiger charge is 2.21. The minimum atomic E-state index is -0.646. The Labute approximate surface area is 74.4 Å². The zero-order valence-corrected chi connectivity index (χ0v) is 6.79. The lowest BCUT2D eigenvalue weighted by atomic mass is 10.3. The molecule has 0 saturated heterocycles. The minimum absolute atomic E-state index is 0.240. The Kier molecular flexibility index (Phi) is 1.82. The molecular formula is C7H9N5O. The van der Waals surface area contributed by atoms with Gasteiger partial charge < -0.3 is 11.1 Å². The Balaban J connectivity index is 2.20. The number of hydrogen-bond donors (Lipinski definition) is 2. The van der Waals surface area contributed by atoms with Crippen molar-refractivity contribution in [3.8, 4) is 0 Å². The number of nitrogens with zero attached hydrogens (tertiary/aromatic N) is 3. The van der Waals surface area contributed by atoms with Gasteiger partial charge in [0.2, 0.25) is 12.2 Å². The van der Waals surface area contributed by atoms with Crippen LogP contribution >= 0.6 is 0 Å². The molecule has 6 heteroatoms. The quantitative estimate of drug-likeness (QED) is 0.571. The maximum absolute atomic E-state index is 11.1. The number of aliphatic imine (C=N–C) groups is 1. The van der Waals surface area contributed by atoms with Crippen LogP contribution in [-0.2, 0) is 4.79 Å². The highest BCUT2D eigenvalue weighted by atomic mass is 16.2. The second-order valence-electron chi connectivity index (χ2n) is 2.69. The second kappa shape index (κ2) is 2.98. The van der Waals surface area contributed by atoms with Gasteiger partial charge in [0.1, 0.15) is 6.04 Å². The molecule has 0 aliphatic carbocycles. The third kappa shape index (κ3) is 1.43. The Morgan fingerprint density at radius 1 is 1.62 bits per heavy atom. The fourth-order valence-corrected chi connectivity index (χ4v) is 1.06. The van der Waals surface area contributed by atoms with E-state index in [4.69, 9.17) is 5.73 Å². The van der Waals surface area contributed by atoms with E-state index in [0.29, 0.717) is 0 Å². The van der Waals surface area contributed by atoms with Gasteiger partial charge in [-0.25, -0.2) is 9.67 Å². The van der Waals surface area contributed by atoms with E-state index in [-0.39, 0.29) is 5.91 Å². The first-order chi connectivity index (χ1) is 6.27. The number of rotatable bonds is 1. The number of hydrogen-bond acceptors (Lipinski definition) is 4. The second-order valence-corrected chi connectivity index (χ2v) is 2.69. The summed E-state index contributed by atoms with van der Waals surface area (Å²) < 4.78 is 1.54. The van der Waals surface area contributed by atoms with E-state index in [9.17, 15) is 4.79 Å². The topological polar surface area (TPSA) is 85.3 Å². The van der Waals surface area contributed by atoms with E-state index in [0.717, 1.165) is 0 Å². The van der Waals surface area contributed by atoms with Gasteiger partial charge in [0.15, 0.2) is 0 Å². The predicted molar refractivity (Wildman–Crippen MR) is 45.9 cm³/mol. The number of carbonyl (C=O) groups is 1. The molecule has 6 nitrogen and oxygen atoms in total. The van der Waals surface area contributed by atoms with E-state index >= 15 is 0 Å². The van der Waals surface area contributed by atoms with Crippen molar-refractivity contribution in [3.63, 3.8) is 0 Å². The lowest BCUT2D eigenvalue weighted by molar-refractivity contribution is -0.122. The van der Waals surface area contributed by atoms with Crippen LogP contribution in [0.1, 0.15) is 6.29 Å². The molecular weight excluding hydrogens is 170 g/mol. The third-order valence-electron chi connectivity index (χ3n) is 1.74. The van der Waals surface area contributed by atoms with E-state index < -0.39 is 12.3 Å². The van der Waals surface area contributed by atoms with Crippen LogP contribution < -0.4 is 11.1 Å². The fourth-order valence-electron chi connectivity index (χ4n) is 1.06. The van der Waals surface area contributed by atoms with Gasteiger partial charge in [-0.3, -0.25) is 4.79 Å². The Bertz CT molecular complexity index is 331. The van der Waals surface area contributed by atoms with Crippen LogP contribution in [0.3, 0.4) is 0 Å². The van der Waals surface area contributed by atoms with Crippen LogP contribution in [0, 0.1) is 0 Å². The summed E-state index contributed by atoms with van der Waals surface area (Å²) in [5.41, 5.74) is 5.40. The number of nitrogens with two attached hydrogens (primary N) is 1. The summed E-state index contributed by atoms with van der Waals surface area (Å²) >= 11 is 0. The van der Waals surface area contributed by atoms with Gasteiger partial charge in [0.25, 0.3) is 0 Å². The lowest BCUT2D eigenvalue weighted by Crippen LogP contribution is -2.47. The predicted octanol–water partition coefficient (Wildman–Crippen LogP) is -1.13. The van der Waals surface area contributed by atoms with Crippen LogP contribution in [0.25, 0.3) is 0 Å². The minimum Gasteiger partial charge on any atom is -0.315 e. The number of carbonyl (C=O) groups excluding carboxylic acids is 1. The summed E-state index contributed by atoms with van der Waals surface area (Å²) in [6.45, 7) is 0. The highest BCUT2D eigenvalue weighted by molar-refractivity contribution is 5.98. The first-order valence-electron chi connectivity index (χ1n) is 3.86. The Hall–Kier alpha value is -1.69. The maximum Gasteiger partial charge on any atom is 0.245 e. The molecule has 2 unspecified atom stereocenters. The van der Waals surface area contributed by atoms with Crippen molar-refractivity contribution in [2.75, 3.05) is 0 Å². The molecule has 13 heavy (non-hydrogen) atoms. The largest absolute Gasteiger partial charge is 0.315 e. The Morgan fingerprint density at radius 2 is 2.46 bits per heavy atom. The molecule has 1 aromatic heterocycles. The van der Waals surface area contributed by atoms with E-state index in [1.807, 2.05) is 0 Å². The molecule has 1 amide bonds. The van der Waals surface area contributed by atoms with Gasteiger partial charge in [0, 0.05) is 18.6 Å². The zero-order valence-electron chi connectivity index (χ0n) is 6.79. The van der Waals surface area contributed by atoms with Crippen LogP contribution in [0.4, 0.5) is 0 Å². The monoisotopic (exact) mass is 179 g/mol. The Morgan fingerprint density at radius 3 is 3.08 bits per heavy atom. The van der Waals surface area contributed by atoms with E-state index in [1.165, 1.54) is 6.21 Å². The fraction of sp³-hybridized carbons (Fsp3) is 0.286. The molecule has 0 bridgehead atoms. The van der Waals surface area contributed by atoms with Crippen LogP contribution in [0.15, 0.2) is 23.5 Å². The molecule has 0 fully saturated rings. The summed E-state index contributed by atoms with van der Waals surface area (Å²) in [5.74, 6) is -0.240. The summed E-state index contributed by atoms with van der Waals surface area (Å²) in [6, 6.07) is 1.11. The molecule has 1 aliphatic heterocycles. The van der Waals surface area contributed by atoms with Crippen LogP contribution in [0.2, 0.25) is 0 Å². The van der Waals surface area contributed by atoms with Crippen molar-refractivity contribution in [1.29, 1.82) is 0 Å². The van der Waals surface area contributed by atoms with Crippen molar-refractivity contribution in [2.24, 2.45) is 10.7 Å². The van der Waals surface area contributed by atoms with Crippen LogP contribution in [0.5, 0.6) is 0 Å². The number of nitrogens with one attached hydrogen (secondary N) is 1. The molecule has 68 valence electrons. The van der Waals surface area contributed by atoms with Crippen LogP contribution in [-0.4, -0.2) is 27.9 Å². The van der Waals surface area contributed by atoms with E-state index in [1.54, 1.807) is 23.1 Å². The lowest BCUT2D eigenvalue weighted by Gasteiger charge is -2.20. The summed E-state index contributed by atoms with van der Waals surface area (Å²) in [7, 11) is 0. The van der Waals surface area contributed by atoms with Gasteiger partial charge in [-0.15, -0.1) is 0 Å². The normalized spacial score (nSPS) is 27.3. The standard InChI is InChI=1S/C7H9N5O/c8-5-4-9-7(11-6(5)13)12-3-1-2-10-12/h1-5,7H,8H2,(H,11,13). The van der Waals surface area contributed by atoms with Gasteiger partial charge >= 0.3 is 0 Å². The third-order valence-corrected chi connectivity index (χ3v) is 1.74. The average Bonchev–Trinajstić information content (AvgIpc) is 2.62.